The van der Waals surface area contributed by atoms with Gasteiger partial charge in [0.15, 0.2) is 0 Å². The fraction of sp³-hybridized carbons (Fsp3) is 0.286. The summed E-state index contributed by atoms with van der Waals surface area (Å²) in [5, 5.41) is 13.4. The molecule has 35 heavy (non-hydrogen) atoms. The van der Waals surface area contributed by atoms with Gasteiger partial charge < -0.3 is 25.3 Å². The van der Waals surface area contributed by atoms with E-state index in [0.29, 0.717) is 17.6 Å². The molecule has 3 aromatic heterocycles. The highest BCUT2D eigenvalue weighted by molar-refractivity contribution is 6.21. The lowest BCUT2D eigenvalue weighted by molar-refractivity contribution is 0.321. The van der Waals surface area contributed by atoms with Gasteiger partial charge in [-0.25, -0.2) is 4.98 Å². The predicted octanol–water partition coefficient (Wildman–Crippen LogP) is 4.14. The third-order valence-electron chi connectivity index (χ3n) is 7.25. The Kier molecular flexibility index (Phi) is 5.31. The van der Waals surface area contributed by atoms with Crippen molar-refractivity contribution < 1.29 is 5.11 Å². The molecule has 178 valence electrons. The lowest BCUT2D eigenvalue weighted by Crippen LogP contribution is -2.29. The highest BCUT2D eigenvalue weighted by Gasteiger charge is 2.22. The topological polar surface area (TPSA) is 100 Å². The third kappa shape index (κ3) is 3.68. The van der Waals surface area contributed by atoms with Crippen LogP contribution in [0, 0.1) is 6.92 Å². The predicted molar refractivity (Wildman–Crippen MR) is 141 cm³/mol. The minimum absolute atomic E-state index is 0.0325. The van der Waals surface area contributed by atoms with Crippen molar-refractivity contribution >= 4 is 32.7 Å². The highest BCUT2D eigenvalue weighted by Crippen LogP contribution is 2.36. The summed E-state index contributed by atoms with van der Waals surface area (Å²) in [6.45, 7) is 5.54. The lowest BCUT2D eigenvalue weighted by atomic mass is 9.98. The average molecular weight is 468 g/mol. The number of phenolic OH excluding ortho intramolecular Hbond substituents is 1. The van der Waals surface area contributed by atoms with Crippen LogP contribution in [0.5, 0.6) is 5.75 Å². The van der Waals surface area contributed by atoms with Gasteiger partial charge in [0.2, 0.25) is 0 Å². The second kappa shape index (κ2) is 8.52. The number of nitrogens with one attached hydrogen (secondary N) is 1. The largest absolute Gasteiger partial charge is 0.508 e. The molecule has 1 fully saturated rings. The maximum Gasteiger partial charge on any atom is 0.261 e. The van der Waals surface area contributed by atoms with Gasteiger partial charge in [-0.05, 0) is 68.8 Å². The monoisotopic (exact) mass is 467 g/mol. The maximum atomic E-state index is 14.2. The van der Waals surface area contributed by atoms with Crippen molar-refractivity contribution in [3.8, 4) is 17.0 Å². The van der Waals surface area contributed by atoms with Crippen molar-refractivity contribution in [2.75, 3.05) is 19.6 Å². The molecule has 0 amide bonds. The first-order chi connectivity index (χ1) is 17.0. The summed E-state index contributed by atoms with van der Waals surface area (Å²) in [6.07, 6.45) is 3.85. The van der Waals surface area contributed by atoms with E-state index < -0.39 is 0 Å². The summed E-state index contributed by atoms with van der Waals surface area (Å²) in [6, 6.07) is 15.3. The first kappa shape index (κ1) is 21.8. The molecule has 7 nitrogen and oxygen atoms in total. The Morgan fingerprint density at radius 3 is 2.66 bits per heavy atom. The van der Waals surface area contributed by atoms with Gasteiger partial charge in [-0.15, -0.1) is 0 Å². The number of aromatic amines is 1. The molecule has 0 bridgehead atoms. The maximum absolute atomic E-state index is 14.2. The number of para-hydroxylation sites is 1. The fourth-order valence-corrected chi connectivity index (χ4v) is 5.53. The van der Waals surface area contributed by atoms with Crippen LogP contribution in [0.3, 0.4) is 0 Å². The number of aromatic hydroxyl groups is 1. The number of rotatable bonds is 5. The zero-order valence-electron chi connectivity index (χ0n) is 19.8. The van der Waals surface area contributed by atoms with Crippen LogP contribution < -0.4 is 11.3 Å². The highest BCUT2D eigenvalue weighted by atomic mass is 16.3. The van der Waals surface area contributed by atoms with E-state index in [9.17, 15) is 9.90 Å². The number of hydrogen-bond donors (Lipinski definition) is 3. The Morgan fingerprint density at radius 1 is 1.09 bits per heavy atom. The van der Waals surface area contributed by atoms with Crippen LogP contribution in [0.4, 0.5) is 0 Å². The van der Waals surface area contributed by atoms with Gasteiger partial charge in [-0.3, -0.25) is 4.79 Å². The number of aryl methyl sites for hydroxylation is 2. The molecule has 1 aliphatic heterocycles. The van der Waals surface area contributed by atoms with E-state index in [-0.39, 0.29) is 17.4 Å². The number of benzene rings is 2. The van der Waals surface area contributed by atoms with Crippen molar-refractivity contribution in [1.82, 2.24) is 19.4 Å². The first-order valence-electron chi connectivity index (χ1n) is 12.2. The molecule has 0 unspecified atom stereocenters. The summed E-state index contributed by atoms with van der Waals surface area (Å²) < 4.78 is 1.91. The number of likely N-dealkylation sites (tertiary alicyclic amines) is 1. The van der Waals surface area contributed by atoms with Crippen molar-refractivity contribution in [1.29, 1.82) is 0 Å². The standard InChI is InChI=1S/C28H29N5O2/c1-17-15-30-27-23(17)24-21-5-2-3-6-22(21)33(13-4-12-32-14-11-19(29)16-32)28(35)25(24)26(31-27)18-7-9-20(34)10-8-18/h2-3,5-10,15,19,34H,4,11-14,16,29H2,1H3,(H,30,31)/t19-/m1/s1. The molecule has 1 atom stereocenters. The normalized spacial score (nSPS) is 16.7. The van der Waals surface area contributed by atoms with Gasteiger partial charge in [-0.1, -0.05) is 18.2 Å². The Balaban J connectivity index is 1.60. The Morgan fingerprint density at radius 2 is 1.89 bits per heavy atom. The summed E-state index contributed by atoms with van der Waals surface area (Å²) in [4.78, 5) is 24.8. The van der Waals surface area contributed by atoms with E-state index >= 15 is 0 Å². The molecule has 4 heterocycles. The molecule has 4 N–H and O–H groups in total. The van der Waals surface area contributed by atoms with Crippen LogP contribution in [0.2, 0.25) is 0 Å². The van der Waals surface area contributed by atoms with Crippen molar-refractivity contribution in [2.45, 2.75) is 32.4 Å². The Bertz CT molecular complexity index is 1620. The quantitative estimate of drug-likeness (QED) is 0.338. The smallest absolute Gasteiger partial charge is 0.261 e. The zero-order chi connectivity index (χ0) is 24.1. The van der Waals surface area contributed by atoms with Gasteiger partial charge in [0.25, 0.3) is 5.56 Å². The van der Waals surface area contributed by atoms with E-state index in [0.717, 1.165) is 70.9 Å². The SMILES string of the molecule is Cc1c[nH]c2nc(-c3ccc(O)cc3)c3c(=O)n(CCCN4CC[C@@H](N)C4)c4ccccc4c3c12. The van der Waals surface area contributed by atoms with E-state index in [2.05, 4.69) is 16.0 Å². The summed E-state index contributed by atoms with van der Waals surface area (Å²) in [5.41, 5.74) is 10.2. The molecule has 0 aliphatic carbocycles. The number of fused-ring (bicyclic) bond motifs is 5. The second-order valence-electron chi connectivity index (χ2n) is 9.63. The molecule has 2 aromatic carbocycles. The van der Waals surface area contributed by atoms with Crippen molar-refractivity contribution in [3.63, 3.8) is 0 Å². The average Bonchev–Trinajstić information content (AvgIpc) is 3.45. The molecule has 1 aliphatic rings. The molecular weight excluding hydrogens is 438 g/mol. The molecule has 5 aromatic rings. The van der Waals surface area contributed by atoms with Crippen LogP contribution in [0.25, 0.3) is 44.0 Å². The van der Waals surface area contributed by atoms with Gasteiger partial charge in [0, 0.05) is 47.1 Å². The van der Waals surface area contributed by atoms with Crippen LogP contribution in [0.1, 0.15) is 18.4 Å². The lowest BCUT2D eigenvalue weighted by Gasteiger charge is -2.18. The van der Waals surface area contributed by atoms with Crippen LogP contribution in [0.15, 0.2) is 59.5 Å². The van der Waals surface area contributed by atoms with Crippen molar-refractivity contribution in [3.05, 3.63) is 70.6 Å². The summed E-state index contributed by atoms with van der Waals surface area (Å²) in [5.74, 6) is 0.180. The van der Waals surface area contributed by atoms with Gasteiger partial charge in [-0.2, -0.15) is 0 Å². The number of H-pyrrole nitrogens is 1. The molecule has 1 saturated heterocycles. The number of aromatic nitrogens is 3. The van der Waals surface area contributed by atoms with Crippen molar-refractivity contribution in [2.24, 2.45) is 5.73 Å². The molecule has 0 saturated carbocycles. The van der Waals surface area contributed by atoms with E-state index in [1.807, 2.05) is 48.0 Å². The molecule has 0 radical (unpaired) electrons. The van der Waals surface area contributed by atoms with Gasteiger partial charge in [0.1, 0.15) is 11.4 Å². The van der Waals surface area contributed by atoms with Gasteiger partial charge >= 0.3 is 0 Å². The number of phenols is 1. The molecular formula is C28H29N5O2. The molecule has 0 spiro atoms. The van der Waals surface area contributed by atoms with Gasteiger partial charge in [0.05, 0.1) is 16.6 Å². The van der Waals surface area contributed by atoms with Crippen LogP contribution >= 0.6 is 0 Å². The van der Waals surface area contributed by atoms with Crippen LogP contribution in [-0.4, -0.2) is 50.2 Å². The Labute approximate surface area is 202 Å². The van der Waals surface area contributed by atoms with E-state index in [4.69, 9.17) is 10.7 Å². The number of pyridine rings is 2. The van der Waals surface area contributed by atoms with E-state index in [1.54, 1.807) is 12.1 Å². The minimum Gasteiger partial charge on any atom is -0.508 e. The number of nitrogens with zero attached hydrogens (tertiary/aromatic N) is 3. The van der Waals surface area contributed by atoms with E-state index in [1.165, 1.54) is 0 Å². The number of hydrogen-bond acceptors (Lipinski definition) is 5. The Hall–Kier alpha value is -3.68. The first-order valence-corrected chi connectivity index (χ1v) is 12.2. The summed E-state index contributed by atoms with van der Waals surface area (Å²) in [7, 11) is 0. The minimum atomic E-state index is -0.0325. The summed E-state index contributed by atoms with van der Waals surface area (Å²) >= 11 is 0. The number of nitrogens with two attached hydrogens (primary N) is 1. The fourth-order valence-electron chi connectivity index (χ4n) is 5.53. The zero-order valence-corrected chi connectivity index (χ0v) is 19.8. The third-order valence-corrected chi connectivity index (χ3v) is 7.25. The van der Waals surface area contributed by atoms with Crippen LogP contribution in [-0.2, 0) is 6.54 Å². The molecule has 7 heteroatoms. The molecule has 6 rings (SSSR count). The second-order valence-corrected chi connectivity index (χ2v) is 9.63.